The van der Waals surface area contributed by atoms with E-state index in [1.54, 1.807) is 18.9 Å². The molecule has 1 N–H and O–H groups in total. The number of rotatable bonds is 2. The van der Waals surface area contributed by atoms with Crippen LogP contribution in [0.3, 0.4) is 0 Å². The smallest absolute Gasteiger partial charge is 0.143 e. The maximum atomic E-state index is 8.84. The van der Waals surface area contributed by atoms with Crippen molar-refractivity contribution < 1.29 is 4.74 Å². The first-order valence-electron chi connectivity index (χ1n) is 5.65. The van der Waals surface area contributed by atoms with E-state index in [1.807, 2.05) is 6.07 Å². The molecule has 2 atom stereocenters. The van der Waals surface area contributed by atoms with E-state index >= 15 is 0 Å². The Balaban J connectivity index is 2.40. The fourth-order valence-corrected chi connectivity index (χ4v) is 3.27. The first kappa shape index (κ1) is 12.1. The number of ether oxygens (including phenoxy) is 1. The molecule has 4 heteroatoms. The van der Waals surface area contributed by atoms with Gasteiger partial charge in [-0.1, -0.05) is 6.07 Å². The Kier molecular flexibility index (Phi) is 3.49. The molecule has 0 radical (unpaired) electrons. The molecule has 0 saturated heterocycles. The number of methoxy groups -OCH3 is 1. The highest BCUT2D eigenvalue weighted by Gasteiger charge is 2.28. The summed E-state index contributed by atoms with van der Waals surface area (Å²) < 4.78 is 5.37. The number of nitriles is 1. The van der Waals surface area contributed by atoms with Gasteiger partial charge in [0.25, 0.3) is 0 Å². The van der Waals surface area contributed by atoms with Gasteiger partial charge in [0.2, 0.25) is 0 Å². The minimum Gasteiger partial charge on any atom is -0.495 e. The summed E-state index contributed by atoms with van der Waals surface area (Å²) in [6.07, 6.45) is 0.564. The van der Waals surface area contributed by atoms with E-state index in [9.17, 15) is 0 Å². The molecule has 1 aromatic rings. The average molecular weight is 248 g/mol. The van der Waals surface area contributed by atoms with Crippen LogP contribution in [0.1, 0.15) is 18.9 Å². The third-order valence-corrected chi connectivity index (χ3v) is 4.67. The van der Waals surface area contributed by atoms with E-state index in [1.165, 1.54) is 10.5 Å². The number of anilines is 1. The van der Waals surface area contributed by atoms with Crippen molar-refractivity contribution in [3.05, 3.63) is 17.7 Å². The van der Waals surface area contributed by atoms with Crippen LogP contribution in [0, 0.1) is 18.3 Å². The van der Waals surface area contributed by atoms with Crippen molar-refractivity contribution in [2.45, 2.75) is 36.5 Å². The van der Waals surface area contributed by atoms with E-state index in [0.717, 1.165) is 11.4 Å². The lowest BCUT2D eigenvalue weighted by atomic mass is 10.1. The van der Waals surface area contributed by atoms with Gasteiger partial charge in [0.15, 0.2) is 0 Å². The van der Waals surface area contributed by atoms with Crippen LogP contribution in [-0.4, -0.2) is 18.4 Å². The maximum absolute atomic E-state index is 8.84. The second kappa shape index (κ2) is 4.89. The Bertz CT molecular complexity index is 467. The summed E-state index contributed by atoms with van der Waals surface area (Å²) in [5, 5.41) is 12.6. The van der Waals surface area contributed by atoms with Crippen LogP contribution in [0.15, 0.2) is 17.0 Å². The third kappa shape index (κ3) is 2.20. The minimum atomic E-state index is 0.280. The van der Waals surface area contributed by atoms with Crippen molar-refractivity contribution in [1.82, 2.24) is 0 Å². The second-order valence-corrected chi connectivity index (χ2v) is 5.49. The van der Waals surface area contributed by atoms with Crippen molar-refractivity contribution in [1.29, 1.82) is 5.26 Å². The molecule has 0 spiro atoms. The van der Waals surface area contributed by atoms with E-state index in [4.69, 9.17) is 10.00 Å². The molecule has 0 fully saturated rings. The van der Waals surface area contributed by atoms with E-state index in [0.29, 0.717) is 11.7 Å². The summed E-state index contributed by atoms with van der Waals surface area (Å²) in [5.74, 6) is 0.875. The van der Waals surface area contributed by atoms with E-state index in [2.05, 4.69) is 31.3 Å². The first-order chi connectivity index (χ1) is 8.17. The average Bonchev–Trinajstić information content (AvgIpc) is 2.32. The van der Waals surface area contributed by atoms with Gasteiger partial charge >= 0.3 is 0 Å². The fourth-order valence-electron chi connectivity index (χ4n) is 2.01. The van der Waals surface area contributed by atoms with Gasteiger partial charge in [0, 0.05) is 22.6 Å². The zero-order valence-electron chi connectivity index (χ0n) is 10.3. The lowest BCUT2D eigenvalue weighted by molar-refractivity contribution is 0.414. The highest BCUT2D eigenvalue weighted by atomic mass is 32.2. The SMILES string of the molecule is COc1ccc(C)c2c1NC(C)C(CC#N)S2. The van der Waals surface area contributed by atoms with Gasteiger partial charge < -0.3 is 10.1 Å². The predicted molar refractivity (Wildman–Crippen MR) is 70.7 cm³/mol. The summed E-state index contributed by atoms with van der Waals surface area (Å²) in [6, 6.07) is 6.58. The monoisotopic (exact) mass is 248 g/mol. The number of benzene rings is 1. The molecular weight excluding hydrogens is 232 g/mol. The van der Waals surface area contributed by atoms with Crippen molar-refractivity contribution in [3.8, 4) is 11.8 Å². The Morgan fingerprint density at radius 2 is 2.29 bits per heavy atom. The highest BCUT2D eigenvalue weighted by molar-refractivity contribution is 8.00. The lowest BCUT2D eigenvalue weighted by Gasteiger charge is -2.32. The van der Waals surface area contributed by atoms with Crippen molar-refractivity contribution >= 4 is 17.4 Å². The van der Waals surface area contributed by atoms with Crippen molar-refractivity contribution in [2.24, 2.45) is 0 Å². The van der Waals surface area contributed by atoms with Crippen LogP contribution in [-0.2, 0) is 0 Å². The van der Waals surface area contributed by atoms with Gasteiger partial charge in [0.05, 0.1) is 18.9 Å². The number of nitrogens with zero attached hydrogens (tertiary/aromatic N) is 1. The molecule has 1 aliphatic rings. The van der Waals surface area contributed by atoms with Crippen LogP contribution in [0.4, 0.5) is 5.69 Å². The van der Waals surface area contributed by atoms with Crippen molar-refractivity contribution in [3.63, 3.8) is 0 Å². The predicted octanol–water partition coefficient (Wildman–Crippen LogP) is 3.19. The van der Waals surface area contributed by atoms with Gasteiger partial charge in [-0.2, -0.15) is 5.26 Å². The Morgan fingerprint density at radius 1 is 1.53 bits per heavy atom. The number of fused-ring (bicyclic) bond motifs is 1. The Morgan fingerprint density at radius 3 is 2.94 bits per heavy atom. The van der Waals surface area contributed by atoms with Crippen LogP contribution in [0.2, 0.25) is 0 Å². The number of hydrogen-bond acceptors (Lipinski definition) is 4. The normalized spacial score (nSPS) is 22.2. The quantitative estimate of drug-likeness (QED) is 0.873. The van der Waals surface area contributed by atoms with Crippen LogP contribution in [0.5, 0.6) is 5.75 Å². The number of thioether (sulfide) groups is 1. The van der Waals surface area contributed by atoms with Gasteiger partial charge in [-0.25, -0.2) is 0 Å². The number of nitrogens with one attached hydrogen (secondary N) is 1. The van der Waals surface area contributed by atoms with Gasteiger partial charge in [-0.15, -0.1) is 11.8 Å². The molecule has 0 aliphatic carbocycles. The van der Waals surface area contributed by atoms with E-state index < -0.39 is 0 Å². The molecule has 0 bridgehead atoms. The third-order valence-electron chi connectivity index (χ3n) is 3.03. The molecule has 17 heavy (non-hydrogen) atoms. The summed E-state index contributed by atoms with van der Waals surface area (Å²) in [6.45, 7) is 4.20. The maximum Gasteiger partial charge on any atom is 0.143 e. The van der Waals surface area contributed by atoms with Gasteiger partial charge in [-0.05, 0) is 25.5 Å². The second-order valence-electron chi connectivity index (χ2n) is 4.24. The van der Waals surface area contributed by atoms with Gasteiger partial charge in [-0.3, -0.25) is 0 Å². The summed E-state index contributed by atoms with van der Waals surface area (Å²) in [4.78, 5) is 1.21. The molecule has 1 heterocycles. The highest BCUT2D eigenvalue weighted by Crippen LogP contribution is 2.45. The van der Waals surface area contributed by atoms with Crippen LogP contribution in [0.25, 0.3) is 0 Å². The molecule has 0 amide bonds. The summed E-state index contributed by atoms with van der Waals surface area (Å²) >= 11 is 1.78. The molecule has 1 aliphatic heterocycles. The number of aryl methyl sites for hydroxylation is 1. The van der Waals surface area contributed by atoms with E-state index in [-0.39, 0.29) is 6.04 Å². The minimum absolute atomic E-state index is 0.280. The van der Waals surface area contributed by atoms with Gasteiger partial charge in [0.1, 0.15) is 5.75 Å². The fraction of sp³-hybridized carbons (Fsp3) is 0.462. The summed E-state index contributed by atoms with van der Waals surface area (Å²) in [7, 11) is 1.68. The molecule has 2 rings (SSSR count). The Hall–Kier alpha value is -1.34. The number of hydrogen-bond donors (Lipinski definition) is 1. The molecule has 3 nitrogen and oxygen atoms in total. The molecule has 1 aromatic carbocycles. The largest absolute Gasteiger partial charge is 0.495 e. The Labute approximate surface area is 106 Å². The molecule has 0 aromatic heterocycles. The van der Waals surface area contributed by atoms with Crippen LogP contribution < -0.4 is 10.1 Å². The summed E-state index contributed by atoms with van der Waals surface area (Å²) in [5.41, 5.74) is 2.30. The molecule has 0 saturated carbocycles. The zero-order chi connectivity index (χ0) is 12.4. The van der Waals surface area contributed by atoms with Crippen molar-refractivity contribution in [2.75, 3.05) is 12.4 Å². The molecule has 90 valence electrons. The standard InChI is InChI=1S/C13H16N2OS/c1-8-4-5-10(16-3)12-13(8)17-11(6-7-14)9(2)15-12/h4-5,9,11,15H,6H2,1-3H3. The van der Waals surface area contributed by atoms with Crippen LogP contribution >= 0.6 is 11.8 Å². The lowest BCUT2D eigenvalue weighted by Crippen LogP contribution is -2.32. The molecular formula is C13H16N2OS. The topological polar surface area (TPSA) is 45.0 Å². The first-order valence-corrected chi connectivity index (χ1v) is 6.53. The zero-order valence-corrected chi connectivity index (χ0v) is 11.1. The molecule has 2 unspecified atom stereocenters.